The lowest BCUT2D eigenvalue weighted by Crippen LogP contribution is -2.45. The van der Waals surface area contributed by atoms with Gasteiger partial charge in [0.25, 0.3) is 0 Å². The highest BCUT2D eigenvalue weighted by Crippen LogP contribution is 2.46. The van der Waals surface area contributed by atoms with Gasteiger partial charge in [-0.15, -0.1) is 0 Å². The van der Waals surface area contributed by atoms with E-state index in [4.69, 9.17) is 0 Å². The van der Waals surface area contributed by atoms with Gasteiger partial charge in [0.1, 0.15) is 6.10 Å². The molecule has 0 radical (unpaired) electrons. The predicted molar refractivity (Wildman–Crippen MR) is 144 cm³/mol. The minimum atomic E-state index is -1.17. The highest BCUT2D eigenvalue weighted by Gasteiger charge is 2.43. The van der Waals surface area contributed by atoms with Gasteiger partial charge in [0.15, 0.2) is 5.78 Å². The van der Waals surface area contributed by atoms with E-state index in [-0.39, 0.29) is 22.7 Å². The van der Waals surface area contributed by atoms with Crippen molar-refractivity contribution >= 4 is 17.9 Å². The average Bonchev–Trinajstić information content (AvgIpc) is 2.81. The maximum atomic E-state index is 12.9. The summed E-state index contributed by atoms with van der Waals surface area (Å²) in [6.07, 6.45) is 3.40. The quantitative estimate of drug-likeness (QED) is 0.323. The van der Waals surface area contributed by atoms with Gasteiger partial charge in [0.05, 0.1) is 6.10 Å². The first-order valence-corrected chi connectivity index (χ1v) is 12.3. The van der Waals surface area contributed by atoms with Crippen molar-refractivity contribution < 1.29 is 15.0 Å². The van der Waals surface area contributed by atoms with Crippen LogP contribution in [0.25, 0.3) is 12.2 Å². The Bertz CT molecular complexity index is 1280. The van der Waals surface area contributed by atoms with Crippen molar-refractivity contribution in [3.05, 3.63) is 105 Å². The third-order valence-electron chi connectivity index (χ3n) is 7.70. The molecule has 1 aliphatic carbocycles. The minimum absolute atomic E-state index is 0.0985. The zero-order valence-electron chi connectivity index (χ0n) is 21.6. The Balaban J connectivity index is 1.61. The average molecular weight is 469 g/mol. The number of rotatable bonds is 5. The van der Waals surface area contributed by atoms with Crippen molar-refractivity contribution in [1.29, 1.82) is 0 Å². The van der Waals surface area contributed by atoms with Crippen LogP contribution in [-0.4, -0.2) is 22.1 Å². The number of fused-ring (bicyclic) bond motifs is 1. The second kappa shape index (κ2) is 9.22. The maximum Gasteiger partial charge on any atom is 0.196 e. The Kier molecular flexibility index (Phi) is 6.61. The molecule has 0 amide bonds. The Labute approximate surface area is 209 Å². The summed E-state index contributed by atoms with van der Waals surface area (Å²) < 4.78 is 0. The van der Waals surface area contributed by atoms with Crippen molar-refractivity contribution in [1.82, 2.24) is 0 Å². The van der Waals surface area contributed by atoms with Gasteiger partial charge in [-0.25, -0.2) is 0 Å². The molecule has 0 aliphatic heterocycles. The number of benzene rings is 3. The third-order valence-corrected chi connectivity index (χ3v) is 7.70. The summed E-state index contributed by atoms with van der Waals surface area (Å²) in [5.74, 6) is -0.290. The Morgan fingerprint density at radius 1 is 0.914 bits per heavy atom. The standard InChI is InChI=1S/C32H36O3/c1-20-17-27-26(31(3,4)19-28(33)32(27,5)6)18-24(20)14-12-22-13-15-25(21(2)16-22)30(35)29(34)23-10-8-7-9-11-23/h7-18,28-29,33-34H,19H2,1-6H3. The second-order valence-corrected chi connectivity index (χ2v) is 11.2. The lowest BCUT2D eigenvalue weighted by Gasteiger charge is -2.45. The Morgan fingerprint density at radius 2 is 1.60 bits per heavy atom. The number of hydrogen-bond donors (Lipinski definition) is 2. The van der Waals surface area contributed by atoms with Crippen LogP contribution in [0.15, 0.2) is 60.7 Å². The molecule has 3 aromatic carbocycles. The molecule has 182 valence electrons. The zero-order chi connectivity index (χ0) is 25.5. The van der Waals surface area contributed by atoms with Gasteiger partial charge in [-0.1, -0.05) is 101 Å². The van der Waals surface area contributed by atoms with Crippen LogP contribution >= 0.6 is 0 Å². The molecule has 3 nitrogen and oxygen atoms in total. The van der Waals surface area contributed by atoms with Crippen LogP contribution in [0.3, 0.4) is 0 Å². The van der Waals surface area contributed by atoms with E-state index in [1.54, 1.807) is 18.2 Å². The van der Waals surface area contributed by atoms with Crippen LogP contribution in [0.5, 0.6) is 0 Å². The number of carbonyl (C=O) groups excluding carboxylic acids is 1. The second-order valence-electron chi connectivity index (χ2n) is 11.2. The maximum absolute atomic E-state index is 12.9. The number of carbonyl (C=O) groups is 1. The molecule has 0 heterocycles. The van der Waals surface area contributed by atoms with Crippen molar-refractivity contribution in [2.75, 3.05) is 0 Å². The van der Waals surface area contributed by atoms with E-state index in [1.807, 2.05) is 37.3 Å². The normalized spacial score (nSPS) is 19.4. The summed E-state index contributed by atoms with van der Waals surface area (Å²) in [7, 11) is 0. The van der Waals surface area contributed by atoms with Crippen molar-refractivity contribution in [3.63, 3.8) is 0 Å². The molecule has 3 aromatic rings. The Morgan fingerprint density at radius 3 is 2.26 bits per heavy atom. The van der Waals surface area contributed by atoms with Crippen molar-refractivity contribution in [3.8, 4) is 0 Å². The molecule has 0 bridgehead atoms. The summed E-state index contributed by atoms with van der Waals surface area (Å²) in [5, 5.41) is 21.3. The molecule has 2 unspecified atom stereocenters. The summed E-state index contributed by atoms with van der Waals surface area (Å²) in [6, 6.07) is 19.2. The largest absolute Gasteiger partial charge is 0.392 e. The number of Topliss-reactive ketones (excluding diaryl/α,β-unsaturated/α-hetero) is 1. The minimum Gasteiger partial charge on any atom is -0.392 e. The fourth-order valence-corrected chi connectivity index (χ4v) is 5.21. The fourth-order valence-electron chi connectivity index (χ4n) is 5.21. The van der Waals surface area contributed by atoms with Gasteiger partial charge in [0, 0.05) is 11.0 Å². The molecule has 0 spiro atoms. The number of hydrogen-bond acceptors (Lipinski definition) is 3. The van der Waals surface area contributed by atoms with Gasteiger partial charge < -0.3 is 10.2 Å². The molecule has 2 N–H and O–H groups in total. The highest BCUT2D eigenvalue weighted by atomic mass is 16.3. The summed E-state index contributed by atoms with van der Waals surface area (Å²) in [4.78, 5) is 12.9. The van der Waals surface area contributed by atoms with E-state index >= 15 is 0 Å². The number of aliphatic hydroxyl groups is 2. The third kappa shape index (κ3) is 4.76. The lowest BCUT2D eigenvalue weighted by atomic mass is 9.61. The molecule has 0 saturated heterocycles. The summed E-state index contributed by atoms with van der Waals surface area (Å²) in [5.41, 5.74) is 7.45. The van der Waals surface area contributed by atoms with Crippen LogP contribution in [0, 0.1) is 13.8 Å². The smallest absolute Gasteiger partial charge is 0.196 e. The molecule has 35 heavy (non-hydrogen) atoms. The molecule has 2 atom stereocenters. The van der Waals surface area contributed by atoms with Crippen LogP contribution < -0.4 is 0 Å². The molecule has 0 saturated carbocycles. The van der Waals surface area contributed by atoms with E-state index < -0.39 is 6.10 Å². The molecule has 0 fully saturated rings. The van der Waals surface area contributed by atoms with E-state index in [1.165, 1.54) is 16.7 Å². The van der Waals surface area contributed by atoms with Gasteiger partial charge in [-0.2, -0.15) is 0 Å². The van der Waals surface area contributed by atoms with Crippen LogP contribution in [0.1, 0.15) is 89.5 Å². The number of ketones is 1. The highest BCUT2D eigenvalue weighted by molar-refractivity contribution is 6.01. The van der Waals surface area contributed by atoms with E-state index in [0.717, 1.165) is 23.1 Å². The molecular weight excluding hydrogens is 432 g/mol. The number of aryl methyl sites for hydroxylation is 2. The Hall–Kier alpha value is -3.01. The molecule has 1 aliphatic rings. The first-order valence-electron chi connectivity index (χ1n) is 12.3. The first kappa shape index (κ1) is 25.1. The van der Waals surface area contributed by atoms with Crippen molar-refractivity contribution in [2.24, 2.45) is 0 Å². The lowest BCUT2D eigenvalue weighted by molar-refractivity contribution is 0.0582. The van der Waals surface area contributed by atoms with Crippen LogP contribution in [0.4, 0.5) is 0 Å². The van der Waals surface area contributed by atoms with E-state index in [2.05, 4.69) is 58.9 Å². The molecule has 0 aromatic heterocycles. The summed E-state index contributed by atoms with van der Waals surface area (Å²) >= 11 is 0. The molecule has 3 heteroatoms. The molecule has 4 rings (SSSR count). The predicted octanol–water partition coefficient (Wildman–Crippen LogP) is 6.71. The molecular formula is C32H36O3. The van der Waals surface area contributed by atoms with Gasteiger partial charge in [0.2, 0.25) is 0 Å². The van der Waals surface area contributed by atoms with Gasteiger partial charge >= 0.3 is 0 Å². The van der Waals surface area contributed by atoms with Gasteiger partial charge in [-0.3, -0.25) is 4.79 Å². The SMILES string of the molecule is Cc1cc2c(cc1C=Cc1ccc(C(=O)C(O)c3ccccc3)c(C)c1)C(C)(C)CC(O)C2(C)C. The van der Waals surface area contributed by atoms with Crippen LogP contribution in [-0.2, 0) is 10.8 Å². The van der Waals surface area contributed by atoms with Gasteiger partial charge in [-0.05, 0) is 64.6 Å². The summed E-state index contributed by atoms with van der Waals surface area (Å²) in [6.45, 7) is 12.7. The topological polar surface area (TPSA) is 57.5 Å². The fraction of sp³-hybridized carbons (Fsp3) is 0.344. The monoisotopic (exact) mass is 468 g/mol. The first-order chi connectivity index (χ1) is 16.4. The van der Waals surface area contributed by atoms with E-state index in [9.17, 15) is 15.0 Å². The van der Waals surface area contributed by atoms with E-state index in [0.29, 0.717) is 11.1 Å². The number of aliphatic hydroxyl groups excluding tert-OH is 2. The zero-order valence-corrected chi connectivity index (χ0v) is 21.6. The van der Waals surface area contributed by atoms with Crippen LogP contribution in [0.2, 0.25) is 0 Å². The van der Waals surface area contributed by atoms with Crippen molar-refractivity contribution in [2.45, 2.75) is 71.0 Å².